The van der Waals surface area contributed by atoms with Crippen LogP contribution in [0, 0.1) is 0 Å². The molecule has 2 fully saturated rings. The van der Waals surface area contributed by atoms with Crippen molar-refractivity contribution in [1.82, 2.24) is 15.4 Å². The number of urea groups is 1. The molecule has 1 aromatic heterocycles. The average molecular weight is 500 g/mol. The normalized spacial score (nSPS) is 26.1. The van der Waals surface area contributed by atoms with E-state index in [1.165, 1.54) is 0 Å². The van der Waals surface area contributed by atoms with Crippen molar-refractivity contribution in [3.63, 3.8) is 0 Å². The van der Waals surface area contributed by atoms with Crippen LogP contribution in [0.2, 0.25) is 0 Å². The maximum atomic E-state index is 12.1. The molecule has 2 aromatic rings. The zero-order valence-corrected chi connectivity index (χ0v) is 19.4. The number of hydrogen-bond donors (Lipinski definition) is 6. The van der Waals surface area contributed by atoms with Crippen LogP contribution in [-0.2, 0) is 4.74 Å². The largest absolute Gasteiger partial charge is 0.394 e. The molecule has 2 unspecified atom stereocenters. The summed E-state index contributed by atoms with van der Waals surface area (Å²) in [4.78, 5) is 24.5. The molecule has 1 saturated heterocycles. The lowest BCUT2D eigenvalue weighted by molar-refractivity contribution is -0.0222. The second kappa shape index (κ2) is 10.2. The fraction of sp³-hybridized carbons (Fsp3) is 0.500. The molecular weight excluding hydrogens is 470 g/mol. The number of nitrogen functional groups attached to an aromatic ring is 1. The van der Waals surface area contributed by atoms with Gasteiger partial charge in [-0.15, -0.1) is 0 Å². The van der Waals surface area contributed by atoms with Crippen molar-refractivity contribution < 1.29 is 24.9 Å². The van der Waals surface area contributed by atoms with Gasteiger partial charge in [-0.25, -0.2) is 10.2 Å². The molecule has 14 heteroatoms. The molecule has 3 heterocycles. The van der Waals surface area contributed by atoms with Gasteiger partial charge in [-0.3, -0.25) is 0 Å². The predicted molar refractivity (Wildman–Crippen MR) is 129 cm³/mol. The van der Waals surface area contributed by atoms with Gasteiger partial charge in [-0.1, -0.05) is 41.4 Å². The van der Waals surface area contributed by atoms with Crippen LogP contribution in [0.5, 0.6) is 0 Å². The van der Waals surface area contributed by atoms with E-state index in [-0.39, 0.29) is 17.8 Å². The fourth-order valence-electron chi connectivity index (χ4n) is 4.92. The van der Waals surface area contributed by atoms with Crippen molar-refractivity contribution >= 4 is 35.0 Å². The van der Waals surface area contributed by atoms with Crippen LogP contribution in [0.25, 0.3) is 0 Å². The average Bonchev–Trinajstić information content (AvgIpc) is 3.59. The van der Waals surface area contributed by atoms with Crippen molar-refractivity contribution in [3.8, 4) is 0 Å². The first-order valence-electron chi connectivity index (χ1n) is 11.8. The molecule has 192 valence electrons. The number of carbonyl (C=O) groups excluding carboxylic acids is 1. The molecule has 0 bridgehead atoms. The lowest BCUT2D eigenvalue weighted by Crippen LogP contribution is -2.47. The summed E-state index contributed by atoms with van der Waals surface area (Å²) in [5, 5.41) is 40.6. The minimum absolute atomic E-state index is 0.101. The number of ether oxygens (including phenoxy) is 1. The molecule has 0 spiro atoms. The lowest BCUT2D eigenvalue weighted by atomic mass is 10.1. The highest BCUT2D eigenvalue weighted by atomic mass is 16.6. The Hall–Kier alpha value is -3.59. The van der Waals surface area contributed by atoms with E-state index in [0.29, 0.717) is 23.9 Å². The van der Waals surface area contributed by atoms with Crippen molar-refractivity contribution in [2.75, 3.05) is 34.1 Å². The number of aliphatic hydroxyl groups excluding tert-OH is 3. The molecular formula is C22H29N9O5. The highest BCUT2D eigenvalue weighted by molar-refractivity contribution is 5.88. The number of anilines is 4. The Morgan fingerprint density at radius 2 is 1.89 bits per heavy atom. The topological polar surface area (TPSA) is 194 Å². The number of amides is 2. The summed E-state index contributed by atoms with van der Waals surface area (Å²) >= 11 is 0. The van der Waals surface area contributed by atoms with Gasteiger partial charge in [0.2, 0.25) is 0 Å². The molecule has 4 atom stereocenters. The van der Waals surface area contributed by atoms with Gasteiger partial charge in [0.15, 0.2) is 17.9 Å². The lowest BCUT2D eigenvalue weighted by Gasteiger charge is -2.30. The number of fused-ring (bicyclic) bond motifs is 1. The summed E-state index contributed by atoms with van der Waals surface area (Å²) in [6.45, 7) is -0.131. The van der Waals surface area contributed by atoms with Gasteiger partial charge in [-0.05, 0) is 25.0 Å². The molecule has 2 aliphatic heterocycles. The first-order chi connectivity index (χ1) is 17.5. The zero-order valence-electron chi connectivity index (χ0n) is 19.4. The van der Waals surface area contributed by atoms with Crippen LogP contribution in [0.4, 0.5) is 33.8 Å². The van der Waals surface area contributed by atoms with Crippen LogP contribution in [0.15, 0.2) is 40.7 Å². The molecule has 1 aliphatic carbocycles. The molecule has 14 nitrogen and oxygen atoms in total. The number of nitrogens with two attached hydrogens (primary N) is 1. The van der Waals surface area contributed by atoms with E-state index in [9.17, 15) is 20.1 Å². The van der Waals surface area contributed by atoms with Gasteiger partial charge in [0.1, 0.15) is 24.0 Å². The number of nitrogens with one attached hydrogen (secondary N) is 2. The smallest absolute Gasteiger partial charge is 0.341 e. The van der Waals surface area contributed by atoms with Gasteiger partial charge in [0.25, 0.3) is 5.95 Å². The van der Waals surface area contributed by atoms with E-state index in [1.807, 2.05) is 6.07 Å². The first kappa shape index (κ1) is 24.1. The Bertz CT molecular complexity index is 1110. The van der Waals surface area contributed by atoms with E-state index in [4.69, 9.17) is 10.5 Å². The summed E-state index contributed by atoms with van der Waals surface area (Å²) < 4.78 is 5.76. The predicted octanol–water partition coefficient (Wildman–Crippen LogP) is 0.845. The van der Waals surface area contributed by atoms with Crippen LogP contribution in [0.1, 0.15) is 25.7 Å². The van der Waals surface area contributed by atoms with Gasteiger partial charge in [0.05, 0.1) is 13.3 Å². The Balaban J connectivity index is 1.38. The Morgan fingerprint density at radius 1 is 1.14 bits per heavy atom. The highest BCUT2D eigenvalue weighted by Gasteiger charge is 2.49. The molecule has 3 aliphatic rings. The van der Waals surface area contributed by atoms with E-state index in [1.54, 1.807) is 29.2 Å². The Morgan fingerprint density at radius 3 is 2.58 bits per heavy atom. The number of aliphatic hydroxyl groups is 3. The minimum Gasteiger partial charge on any atom is -0.394 e. The molecule has 2 amide bonds. The number of hydrogen-bond acceptors (Lipinski definition) is 12. The molecule has 1 saturated carbocycles. The van der Waals surface area contributed by atoms with Crippen LogP contribution >= 0.6 is 0 Å². The third-order valence-corrected chi connectivity index (χ3v) is 6.66. The number of para-hydroxylation sites is 1. The monoisotopic (exact) mass is 499 g/mol. The molecule has 5 rings (SSSR count). The van der Waals surface area contributed by atoms with E-state index < -0.39 is 37.2 Å². The van der Waals surface area contributed by atoms with E-state index >= 15 is 0 Å². The first-order valence-corrected chi connectivity index (χ1v) is 11.8. The van der Waals surface area contributed by atoms with Crippen molar-refractivity contribution in [3.05, 3.63) is 30.3 Å². The second-order valence-electron chi connectivity index (χ2n) is 8.96. The van der Waals surface area contributed by atoms with Gasteiger partial charge in [-0.2, -0.15) is 9.97 Å². The summed E-state index contributed by atoms with van der Waals surface area (Å²) in [7, 11) is 0. The van der Waals surface area contributed by atoms with E-state index in [2.05, 4.69) is 35.9 Å². The molecule has 36 heavy (non-hydrogen) atoms. The van der Waals surface area contributed by atoms with Crippen molar-refractivity contribution in [1.29, 1.82) is 0 Å². The van der Waals surface area contributed by atoms with Gasteiger partial charge >= 0.3 is 6.03 Å². The number of benzene rings is 1. The van der Waals surface area contributed by atoms with Crippen molar-refractivity contribution in [2.45, 2.75) is 56.3 Å². The van der Waals surface area contributed by atoms with Crippen LogP contribution < -0.4 is 26.3 Å². The maximum absolute atomic E-state index is 12.1. The fourth-order valence-corrected chi connectivity index (χ4v) is 4.92. The Labute approximate surface area is 206 Å². The SMILES string of the molecule is Nc1nc(N=NNC(=O)Nc2ccccc2)nc2c1N(C1CCCC1)CN2[C@@H]1O[C@H](CO)C(O)C1O. The summed E-state index contributed by atoms with van der Waals surface area (Å²) in [5.41, 5.74) is 9.76. The third kappa shape index (κ3) is 4.63. The molecule has 1 aromatic carbocycles. The molecule has 0 radical (unpaired) electrons. The number of nitrogens with zero attached hydrogens (tertiary/aromatic N) is 6. The number of carbonyl (C=O) groups is 1. The quantitative estimate of drug-likeness (QED) is 0.245. The number of aromatic nitrogens is 2. The summed E-state index contributed by atoms with van der Waals surface area (Å²) in [6, 6.07) is 8.47. The maximum Gasteiger partial charge on any atom is 0.341 e. The highest BCUT2D eigenvalue weighted by Crippen LogP contribution is 2.45. The third-order valence-electron chi connectivity index (χ3n) is 6.66. The Kier molecular flexibility index (Phi) is 6.82. The van der Waals surface area contributed by atoms with Crippen LogP contribution in [0.3, 0.4) is 0 Å². The number of rotatable bonds is 6. The van der Waals surface area contributed by atoms with E-state index in [0.717, 1.165) is 25.7 Å². The molecule has 7 N–H and O–H groups in total. The summed E-state index contributed by atoms with van der Waals surface area (Å²) in [5.74, 6) is 0.437. The standard InChI is InChI=1S/C22H29N9O5/c23-18-15-19(26-21(25-18)27-29-28-22(35)24-12-6-2-1-3-7-12)31(11-30(15)13-8-4-5-9-13)20-17(34)16(33)14(10-32)36-20/h1-3,6-7,13-14,16-17,20,32-34H,4-5,8-11H2,(H4,23,24,25,26,27,28,35)/t14-,16?,17?,20-/m1/s1. The second-order valence-corrected chi connectivity index (χ2v) is 8.96. The zero-order chi connectivity index (χ0) is 25.2. The van der Waals surface area contributed by atoms with Gasteiger partial charge < -0.3 is 40.9 Å². The minimum atomic E-state index is -1.27. The summed E-state index contributed by atoms with van der Waals surface area (Å²) in [6.07, 6.45) is -0.286. The van der Waals surface area contributed by atoms with Crippen LogP contribution in [-0.4, -0.2) is 75.2 Å². The van der Waals surface area contributed by atoms with Gasteiger partial charge in [0, 0.05) is 11.7 Å². The van der Waals surface area contributed by atoms with Crippen molar-refractivity contribution in [2.24, 2.45) is 10.3 Å².